The van der Waals surface area contributed by atoms with Crippen molar-refractivity contribution < 1.29 is 9.90 Å². The molecule has 1 aromatic carbocycles. The highest BCUT2D eigenvalue weighted by Crippen LogP contribution is 2.30. The first kappa shape index (κ1) is 15.7. The monoisotopic (exact) mass is 313 g/mol. The SMILES string of the molecule is Cc1ccc(-n2ccnc2)c(C(=O)N(C)CC2(O)CCCC2)c1. The fourth-order valence-corrected chi connectivity index (χ4v) is 3.36. The third-order valence-corrected chi connectivity index (χ3v) is 4.58. The fraction of sp³-hybridized carbons (Fsp3) is 0.444. The summed E-state index contributed by atoms with van der Waals surface area (Å²) < 4.78 is 1.84. The highest BCUT2D eigenvalue weighted by Gasteiger charge is 2.34. The summed E-state index contributed by atoms with van der Waals surface area (Å²) in [7, 11) is 1.76. The first-order valence-electron chi connectivity index (χ1n) is 8.05. The average Bonchev–Trinajstić information content (AvgIpc) is 3.18. The number of aliphatic hydroxyl groups is 1. The molecule has 1 saturated carbocycles. The number of carbonyl (C=O) groups excluding carboxylic acids is 1. The Morgan fingerprint density at radius 3 is 2.78 bits per heavy atom. The Hall–Kier alpha value is -2.14. The van der Waals surface area contributed by atoms with Crippen molar-refractivity contribution in [2.75, 3.05) is 13.6 Å². The highest BCUT2D eigenvalue weighted by atomic mass is 16.3. The number of carbonyl (C=O) groups is 1. The first-order chi connectivity index (χ1) is 11.0. The smallest absolute Gasteiger partial charge is 0.255 e. The zero-order valence-corrected chi connectivity index (χ0v) is 13.7. The number of amides is 1. The normalized spacial score (nSPS) is 16.5. The van der Waals surface area contributed by atoms with Crippen molar-refractivity contribution in [3.8, 4) is 5.69 Å². The predicted molar refractivity (Wildman–Crippen MR) is 88.7 cm³/mol. The molecule has 2 aromatic rings. The Bertz CT molecular complexity index is 688. The van der Waals surface area contributed by atoms with E-state index in [0.717, 1.165) is 36.9 Å². The lowest BCUT2D eigenvalue weighted by Crippen LogP contribution is -2.42. The number of imidazole rings is 1. The summed E-state index contributed by atoms with van der Waals surface area (Å²) in [5, 5.41) is 10.6. The van der Waals surface area contributed by atoms with Crippen LogP contribution in [-0.2, 0) is 0 Å². The van der Waals surface area contributed by atoms with Crippen LogP contribution in [0.4, 0.5) is 0 Å². The fourth-order valence-electron chi connectivity index (χ4n) is 3.36. The molecule has 1 aromatic heterocycles. The van der Waals surface area contributed by atoms with Crippen LogP contribution in [0.15, 0.2) is 36.9 Å². The zero-order chi connectivity index (χ0) is 16.4. The summed E-state index contributed by atoms with van der Waals surface area (Å²) in [4.78, 5) is 18.6. The lowest BCUT2D eigenvalue weighted by Gasteiger charge is -2.29. The quantitative estimate of drug-likeness (QED) is 0.944. The van der Waals surface area contributed by atoms with E-state index >= 15 is 0 Å². The van der Waals surface area contributed by atoms with E-state index in [-0.39, 0.29) is 5.91 Å². The van der Waals surface area contributed by atoms with Gasteiger partial charge in [0.25, 0.3) is 5.91 Å². The van der Waals surface area contributed by atoms with Gasteiger partial charge in [-0.15, -0.1) is 0 Å². The lowest BCUT2D eigenvalue weighted by molar-refractivity contribution is 0.0157. The molecule has 1 amide bonds. The van der Waals surface area contributed by atoms with Gasteiger partial charge in [0.15, 0.2) is 0 Å². The van der Waals surface area contributed by atoms with E-state index in [9.17, 15) is 9.90 Å². The number of aromatic nitrogens is 2. The molecule has 1 N–H and O–H groups in total. The van der Waals surface area contributed by atoms with Gasteiger partial charge in [0.2, 0.25) is 0 Å². The number of nitrogens with zero attached hydrogens (tertiary/aromatic N) is 3. The maximum atomic E-state index is 12.9. The molecule has 0 atom stereocenters. The Morgan fingerprint density at radius 2 is 2.13 bits per heavy atom. The molecule has 1 aliphatic rings. The molecule has 5 nitrogen and oxygen atoms in total. The van der Waals surface area contributed by atoms with Crippen molar-refractivity contribution in [3.63, 3.8) is 0 Å². The van der Waals surface area contributed by atoms with Crippen LogP contribution >= 0.6 is 0 Å². The van der Waals surface area contributed by atoms with Crippen molar-refractivity contribution in [1.82, 2.24) is 14.5 Å². The van der Waals surface area contributed by atoms with Crippen molar-refractivity contribution in [2.45, 2.75) is 38.2 Å². The molecule has 23 heavy (non-hydrogen) atoms. The van der Waals surface area contributed by atoms with E-state index in [4.69, 9.17) is 0 Å². The molecule has 3 rings (SSSR count). The van der Waals surface area contributed by atoms with Crippen LogP contribution in [0.2, 0.25) is 0 Å². The minimum atomic E-state index is -0.733. The largest absolute Gasteiger partial charge is 0.388 e. The standard InChI is InChI=1S/C18H23N3O2/c1-14-5-6-16(21-10-9-19-13-21)15(11-14)17(22)20(2)12-18(23)7-3-4-8-18/h5-6,9-11,13,23H,3-4,7-8,12H2,1-2H3. The molecule has 1 heterocycles. The molecule has 122 valence electrons. The van der Waals surface area contributed by atoms with Crippen LogP contribution in [0.1, 0.15) is 41.6 Å². The Morgan fingerprint density at radius 1 is 1.39 bits per heavy atom. The Balaban J connectivity index is 1.88. The Labute approximate surface area is 136 Å². The highest BCUT2D eigenvalue weighted by molar-refractivity contribution is 5.98. The molecule has 0 aliphatic heterocycles. The van der Waals surface area contributed by atoms with Crippen LogP contribution in [0.5, 0.6) is 0 Å². The van der Waals surface area contributed by atoms with Crippen LogP contribution in [-0.4, -0.2) is 44.7 Å². The second-order valence-corrected chi connectivity index (χ2v) is 6.58. The molecular weight excluding hydrogens is 290 g/mol. The summed E-state index contributed by atoms with van der Waals surface area (Å²) in [6, 6.07) is 5.81. The predicted octanol–water partition coefficient (Wildman–Crippen LogP) is 2.56. The topological polar surface area (TPSA) is 58.4 Å². The van der Waals surface area contributed by atoms with Crippen LogP contribution in [0.25, 0.3) is 5.69 Å². The summed E-state index contributed by atoms with van der Waals surface area (Å²) in [6.07, 6.45) is 8.81. The molecule has 0 saturated heterocycles. The van der Waals surface area contributed by atoms with Gasteiger partial charge in [-0.3, -0.25) is 4.79 Å². The van der Waals surface area contributed by atoms with Crippen LogP contribution in [0, 0.1) is 6.92 Å². The summed E-state index contributed by atoms with van der Waals surface area (Å²) in [5.41, 5.74) is 1.74. The van der Waals surface area contributed by atoms with Crippen LogP contribution < -0.4 is 0 Å². The van der Waals surface area contributed by atoms with Crippen molar-refractivity contribution in [1.29, 1.82) is 0 Å². The van der Waals surface area contributed by atoms with Crippen molar-refractivity contribution >= 4 is 5.91 Å². The number of aryl methyl sites for hydroxylation is 1. The molecular formula is C18H23N3O2. The summed E-state index contributed by atoms with van der Waals surface area (Å²) in [6.45, 7) is 2.35. The van der Waals surface area contributed by atoms with E-state index in [1.165, 1.54) is 0 Å². The van der Waals surface area contributed by atoms with Gasteiger partial charge in [0, 0.05) is 26.0 Å². The van der Waals surface area contributed by atoms with E-state index in [1.807, 2.05) is 35.9 Å². The number of hydrogen-bond donors (Lipinski definition) is 1. The zero-order valence-electron chi connectivity index (χ0n) is 13.7. The van der Waals surface area contributed by atoms with Gasteiger partial charge in [0.05, 0.1) is 23.2 Å². The third kappa shape index (κ3) is 3.29. The molecule has 1 aliphatic carbocycles. The lowest BCUT2D eigenvalue weighted by atomic mass is 10.0. The number of benzene rings is 1. The van der Waals surface area contributed by atoms with Gasteiger partial charge in [-0.25, -0.2) is 4.98 Å². The number of hydrogen-bond acceptors (Lipinski definition) is 3. The maximum Gasteiger partial charge on any atom is 0.255 e. The van der Waals surface area contributed by atoms with Crippen LogP contribution in [0.3, 0.4) is 0 Å². The van der Waals surface area contributed by atoms with E-state index in [2.05, 4.69) is 4.98 Å². The van der Waals surface area contributed by atoms with Crippen molar-refractivity contribution in [2.24, 2.45) is 0 Å². The van der Waals surface area contributed by atoms with E-state index in [0.29, 0.717) is 12.1 Å². The average molecular weight is 313 g/mol. The second kappa shape index (κ2) is 6.16. The number of likely N-dealkylation sites (N-methyl/N-ethyl adjacent to an activating group) is 1. The minimum Gasteiger partial charge on any atom is -0.388 e. The molecule has 0 unspecified atom stereocenters. The van der Waals surface area contributed by atoms with Gasteiger partial charge < -0.3 is 14.6 Å². The molecule has 0 bridgehead atoms. The molecule has 0 radical (unpaired) electrons. The van der Waals surface area contributed by atoms with Gasteiger partial charge >= 0.3 is 0 Å². The third-order valence-electron chi connectivity index (χ3n) is 4.58. The van der Waals surface area contributed by atoms with Gasteiger partial charge in [-0.05, 0) is 31.9 Å². The molecule has 1 fully saturated rings. The van der Waals surface area contributed by atoms with Gasteiger partial charge in [-0.2, -0.15) is 0 Å². The Kier molecular flexibility index (Phi) is 4.22. The molecule has 5 heteroatoms. The summed E-state index contributed by atoms with van der Waals surface area (Å²) >= 11 is 0. The summed E-state index contributed by atoms with van der Waals surface area (Å²) in [5.74, 6) is -0.0716. The van der Waals surface area contributed by atoms with E-state index in [1.54, 1.807) is 24.5 Å². The minimum absolute atomic E-state index is 0.0716. The first-order valence-corrected chi connectivity index (χ1v) is 8.05. The van der Waals surface area contributed by atoms with Crippen molar-refractivity contribution in [3.05, 3.63) is 48.0 Å². The second-order valence-electron chi connectivity index (χ2n) is 6.58. The van der Waals surface area contributed by atoms with Gasteiger partial charge in [0.1, 0.15) is 0 Å². The number of rotatable bonds is 4. The van der Waals surface area contributed by atoms with E-state index < -0.39 is 5.60 Å². The van der Waals surface area contributed by atoms with Gasteiger partial charge in [-0.1, -0.05) is 24.5 Å². The maximum absolute atomic E-state index is 12.9. The molecule has 0 spiro atoms.